The van der Waals surface area contributed by atoms with Crippen LogP contribution in [0.25, 0.3) is 11.3 Å². The predicted molar refractivity (Wildman–Crippen MR) is 82.4 cm³/mol. The van der Waals surface area contributed by atoms with Gasteiger partial charge in [-0.2, -0.15) is 0 Å². The molecule has 1 aromatic heterocycles. The summed E-state index contributed by atoms with van der Waals surface area (Å²) >= 11 is 0. The number of hydrogen-bond donors (Lipinski definition) is 3. The van der Waals surface area contributed by atoms with Gasteiger partial charge in [-0.05, 0) is 12.8 Å². The third-order valence-electron chi connectivity index (χ3n) is 3.86. The molecule has 1 saturated carbocycles. The van der Waals surface area contributed by atoms with Crippen LogP contribution in [0.15, 0.2) is 40.9 Å². The summed E-state index contributed by atoms with van der Waals surface area (Å²) in [6.07, 6.45) is 3.07. The summed E-state index contributed by atoms with van der Waals surface area (Å²) in [5.41, 5.74) is 0.895. The van der Waals surface area contributed by atoms with E-state index in [1.807, 2.05) is 30.3 Å². The molecular weight excluding hydrogens is 282 g/mol. The highest BCUT2D eigenvalue weighted by molar-refractivity contribution is 5.88. The van der Waals surface area contributed by atoms with E-state index < -0.39 is 6.10 Å². The minimum atomic E-state index is -0.475. The maximum absolute atomic E-state index is 12.0. The number of nitrogens with one attached hydrogen (secondary N) is 2. The number of hydrogen-bond acceptors (Lipinski definition) is 4. The summed E-state index contributed by atoms with van der Waals surface area (Å²) in [4.78, 5) is 12.0. The molecule has 2 amide bonds. The molecule has 2 atom stereocenters. The molecule has 0 bridgehead atoms. The Morgan fingerprint density at radius 3 is 2.77 bits per heavy atom. The minimum absolute atomic E-state index is 0.200. The van der Waals surface area contributed by atoms with Crippen LogP contribution in [0.1, 0.15) is 25.7 Å². The maximum atomic E-state index is 12.0. The van der Waals surface area contributed by atoms with Gasteiger partial charge in [0.15, 0.2) is 11.6 Å². The summed E-state index contributed by atoms with van der Waals surface area (Å²) in [6.45, 7) is 0. The first kappa shape index (κ1) is 14.6. The number of aliphatic hydroxyl groups is 1. The molecule has 2 aromatic rings. The average Bonchev–Trinajstić information content (AvgIpc) is 2.99. The highest BCUT2D eigenvalue weighted by Crippen LogP contribution is 2.22. The molecule has 1 fully saturated rings. The molecule has 22 heavy (non-hydrogen) atoms. The number of urea groups is 1. The van der Waals surface area contributed by atoms with Crippen molar-refractivity contribution in [2.75, 3.05) is 5.32 Å². The normalized spacial score (nSPS) is 21.3. The van der Waals surface area contributed by atoms with Crippen molar-refractivity contribution in [3.8, 4) is 11.3 Å². The molecule has 0 saturated heterocycles. The van der Waals surface area contributed by atoms with Crippen LogP contribution in [0.4, 0.5) is 10.6 Å². The lowest BCUT2D eigenvalue weighted by Crippen LogP contribution is -2.46. The van der Waals surface area contributed by atoms with Gasteiger partial charge in [-0.3, -0.25) is 5.32 Å². The topological polar surface area (TPSA) is 87.4 Å². The van der Waals surface area contributed by atoms with Gasteiger partial charge in [0, 0.05) is 11.6 Å². The summed E-state index contributed by atoms with van der Waals surface area (Å²) < 4.78 is 5.22. The van der Waals surface area contributed by atoms with E-state index in [1.165, 1.54) is 0 Å². The second-order valence-corrected chi connectivity index (χ2v) is 5.50. The summed E-state index contributed by atoms with van der Waals surface area (Å²) in [6, 6.07) is 10.6. The van der Waals surface area contributed by atoms with Crippen LogP contribution in [0.5, 0.6) is 0 Å². The van der Waals surface area contributed by atoms with Gasteiger partial charge in [-0.25, -0.2) is 4.79 Å². The first-order valence-electron chi connectivity index (χ1n) is 7.50. The third-order valence-corrected chi connectivity index (χ3v) is 3.86. The SMILES string of the molecule is O=C(Nc1cc(-c2ccccc2)on1)NC1CCCCC1O. The molecule has 2 unspecified atom stereocenters. The molecule has 3 rings (SSSR count). The summed E-state index contributed by atoms with van der Waals surface area (Å²) in [7, 11) is 0. The molecule has 0 aliphatic heterocycles. The highest BCUT2D eigenvalue weighted by Gasteiger charge is 2.24. The van der Waals surface area contributed by atoms with Crippen LogP contribution in [0.2, 0.25) is 0 Å². The van der Waals surface area contributed by atoms with Gasteiger partial charge in [0.2, 0.25) is 0 Å². The van der Waals surface area contributed by atoms with E-state index in [0.29, 0.717) is 11.6 Å². The Labute approximate surface area is 128 Å². The van der Waals surface area contributed by atoms with E-state index in [4.69, 9.17) is 4.52 Å². The van der Waals surface area contributed by atoms with Crippen LogP contribution in [-0.2, 0) is 0 Å². The lowest BCUT2D eigenvalue weighted by atomic mass is 9.93. The number of nitrogens with zero attached hydrogens (tertiary/aromatic N) is 1. The van der Waals surface area contributed by atoms with E-state index in [1.54, 1.807) is 6.07 Å². The molecule has 1 aliphatic rings. The standard InChI is InChI=1S/C16H19N3O3/c20-13-9-5-4-8-12(13)17-16(21)18-15-10-14(22-19-15)11-6-2-1-3-7-11/h1-3,6-7,10,12-13,20H,4-5,8-9H2,(H2,17,18,19,21). The number of aromatic nitrogens is 1. The number of carbonyl (C=O) groups is 1. The fraction of sp³-hybridized carbons (Fsp3) is 0.375. The number of benzene rings is 1. The smallest absolute Gasteiger partial charge is 0.320 e. The predicted octanol–water partition coefficient (Wildman–Crippen LogP) is 2.77. The molecule has 6 heteroatoms. The molecular formula is C16H19N3O3. The Morgan fingerprint density at radius 1 is 1.23 bits per heavy atom. The minimum Gasteiger partial charge on any atom is -0.391 e. The zero-order chi connectivity index (χ0) is 15.4. The highest BCUT2D eigenvalue weighted by atomic mass is 16.5. The summed E-state index contributed by atoms with van der Waals surface area (Å²) in [5, 5.41) is 19.1. The van der Waals surface area contributed by atoms with Gasteiger partial charge in [-0.15, -0.1) is 0 Å². The van der Waals surface area contributed by atoms with Crippen molar-refractivity contribution in [2.45, 2.75) is 37.8 Å². The molecule has 6 nitrogen and oxygen atoms in total. The fourth-order valence-electron chi connectivity index (χ4n) is 2.67. The van der Waals surface area contributed by atoms with E-state index in [-0.39, 0.29) is 12.1 Å². The zero-order valence-corrected chi connectivity index (χ0v) is 12.2. The molecule has 1 heterocycles. The van der Waals surface area contributed by atoms with Crippen molar-refractivity contribution in [1.29, 1.82) is 0 Å². The maximum Gasteiger partial charge on any atom is 0.320 e. The monoisotopic (exact) mass is 301 g/mol. The van der Waals surface area contributed by atoms with Crippen molar-refractivity contribution in [1.82, 2.24) is 10.5 Å². The molecule has 3 N–H and O–H groups in total. The average molecular weight is 301 g/mol. The van der Waals surface area contributed by atoms with Crippen molar-refractivity contribution in [2.24, 2.45) is 0 Å². The second kappa shape index (κ2) is 6.62. The number of carbonyl (C=O) groups excluding carboxylic acids is 1. The lowest BCUT2D eigenvalue weighted by molar-refractivity contribution is 0.0955. The van der Waals surface area contributed by atoms with Crippen LogP contribution >= 0.6 is 0 Å². The molecule has 0 spiro atoms. The molecule has 0 radical (unpaired) electrons. The van der Waals surface area contributed by atoms with Gasteiger partial charge < -0.3 is 14.9 Å². The Balaban J connectivity index is 1.59. The number of amides is 2. The molecule has 1 aliphatic carbocycles. The third kappa shape index (κ3) is 3.46. The van der Waals surface area contributed by atoms with Crippen molar-refractivity contribution in [3.05, 3.63) is 36.4 Å². The van der Waals surface area contributed by atoms with E-state index in [0.717, 1.165) is 31.2 Å². The largest absolute Gasteiger partial charge is 0.391 e. The molecule has 116 valence electrons. The lowest BCUT2D eigenvalue weighted by Gasteiger charge is -2.28. The van der Waals surface area contributed by atoms with E-state index in [2.05, 4.69) is 15.8 Å². The Morgan fingerprint density at radius 2 is 2.00 bits per heavy atom. The number of rotatable bonds is 3. The van der Waals surface area contributed by atoms with Crippen LogP contribution in [0.3, 0.4) is 0 Å². The number of aliphatic hydroxyl groups excluding tert-OH is 1. The van der Waals surface area contributed by atoms with E-state index in [9.17, 15) is 9.90 Å². The van der Waals surface area contributed by atoms with Gasteiger partial charge in [0.25, 0.3) is 0 Å². The van der Waals surface area contributed by atoms with Crippen molar-refractivity contribution >= 4 is 11.8 Å². The fourth-order valence-corrected chi connectivity index (χ4v) is 2.67. The quantitative estimate of drug-likeness (QED) is 0.813. The van der Waals surface area contributed by atoms with Gasteiger partial charge >= 0.3 is 6.03 Å². The first-order chi connectivity index (χ1) is 10.7. The second-order valence-electron chi connectivity index (χ2n) is 5.50. The summed E-state index contributed by atoms with van der Waals surface area (Å²) in [5.74, 6) is 0.940. The van der Waals surface area contributed by atoms with Crippen molar-refractivity contribution in [3.63, 3.8) is 0 Å². The van der Waals surface area contributed by atoms with E-state index >= 15 is 0 Å². The van der Waals surface area contributed by atoms with Gasteiger partial charge in [0.05, 0.1) is 12.1 Å². The number of anilines is 1. The van der Waals surface area contributed by atoms with Crippen LogP contribution < -0.4 is 10.6 Å². The van der Waals surface area contributed by atoms with Crippen LogP contribution in [-0.4, -0.2) is 28.4 Å². The van der Waals surface area contributed by atoms with Crippen molar-refractivity contribution < 1.29 is 14.4 Å². The first-order valence-corrected chi connectivity index (χ1v) is 7.50. The molecule has 1 aromatic carbocycles. The van der Waals surface area contributed by atoms with Gasteiger partial charge in [-0.1, -0.05) is 48.3 Å². The Bertz CT molecular complexity index is 627. The Hall–Kier alpha value is -2.34. The van der Waals surface area contributed by atoms with Gasteiger partial charge in [0.1, 0.15) is 0 Å². The van der Waals surface area contributed by atoms with Crippen LogP contribution in [0, 0.1) is 0 Å². The zero-order valence-electron chi connectivity index (χ0n) is 12.2. The Kier molecular flexibility index (Phi) is 4.39.